The summed E-state index contributed by atoms with van der Waals surface area (Å²) in [5.41, 5.74) is 1.86. The average Bonchev–Trinajstić information content (AvgIpc) is 3.27. The molecule has 6 nitrogen and oxygen atoms in total. The predicted octanol–water partition coefficient (Wildman–Crippen LogP) is 4.37. The lowest BCUT2D eigenvalue weighted by atomic mass is 9.49. The average molecular weight is 435 g/mol. The molecular weight excluding hydrogens is 400 g/mol. The van der Waals surface area contributed by atoms with Crippen LogP contribution in [0.3, 0.4) is 0 Å². The predicted molar refractivity (Wildman–Crippen MR) is 123 cm³/mol. The van der Waals surface area contributed by atoms with E-state index in [0.29, 0.717) is 13.0 Å². The maximum absolute atomic E-state index is 13.1. The lowest BCUT2D eigenvalue weighted by molar-refractivity contribution is -0.146. The summed E-state index contributed by atoms with van der Waals surface area (Å²) in [5, 5.41) is 6.18. The molecule has 3 N–H and O–H groups in total. The summed E-state index contributed by atoms with van der Waals surface area (Å²) in [4.78, 5) is 33.5. The van der Waals surface area contributed by atoms with E-state index in [0.717, 1.165) is 60.5 Å². The molecule has 4 aliphatic carbocycles. The van der Waals surface area contributed by atoms with Gasteiger partial charge in [0.25, 0.3) is 0 Å². The Labute approximate surface area is 190 Å². The molecule has 4 saturated carbocycles. The molecule has 0 aliphatic heterocycles. The molecule has 6 heteroatoms. The number of rotatable bonds is 8. The molecule has 0 spiro atoms. The van der Waals surface area contributed by atoms with Crippen molar-refractivity contribution in [3.63, 3.8) is 0 Å². The fourth-order valence-electron chi connectivity index (χ4n) is 6.77. The van der Waals surface area contributed by atoms with E-state index in [1.165, 1.54) is 19.3 Å². The smallest absolute Gasteiger partial charge is 0.226 e. The molecule has 4 fully saturated rings. The van der Waals surface area contributed by atoms with Crippen LogP contribution in [0.5, 0.6) is 0 Å². The number of hydrogen-bond acceptors (Lipinski definition) is 3. The molecule has 1 heterocycles. The highest BCUT2D eigenvalue weighted by atomic mass is 16.2. The molecule has 0 saturated heterocycles. The van der Waals surface area contributed by atoms with Gasteiger partial charge in [-0.25, -0.2) is 4.98 Å². The molecule has 6 rings (SSSR count). The van der Waals surface area contributed by atoms with Crippen molar-refractivity contribution < 1.29 is 9.59 Å². The van der Waals surface area contributed by atoms with Crippen LogP contribution < -0.4 is 10.6 Å². The molecule has 32 heavy (non-hydrogen) atoms. The number of benzene rings is 1. The molecule has 1 aromatic heterocycles. The SMILES string of the molecule is CCC(NC(=O)CCNC(=O)C12CC3CC(CC(C3)C1)C2)c1ncc(-c2ccccc2)[nH]1. The van der Waals surface area contributed by atoms with Gasteiger partial charge in [-0.3, -0.25) is 9.59 Å². The van der Waals surface area contributed by atoms with Crippen LogP contribution in [-0.2, 0) is 9.59 Å². The molecule has 170 valence electrons. The molecular formula is C26H34N4O2. The van der Waals surface area contributed by atoms with E-state index in [1.807, 2.05) is 43.5 Å². The standard InChI is InChI=1S/C26H34N4O2/c1-2-21(24-28-16-22(30-24)20-6-4-3-5-7-20)29-23(31)8-9-27-25(32)26-13-17-10-18(14-26)12-19(11-17)15-26/h3-7,16-19,21H,2,8-15H2,1H3,(H,27,32)(H,28,30)(H,29,31). The van der Waals surface area contributed by atoms with Gasteiger partial charge >= 0.3 is 0 Å². The Balaban J connectivity index is 1.12. The summed E-state index contributed by atoms with van der Waals surface area (Å²) in [6.07, 6.45) is 9.98. The Morgan fingerprint density at radius 2 is 1.75 bits per heavy atom. The van der Waals surface area contributed by atoms with Crippen molar-refractivity contribution in [1.29, 1.82) is 0 Å². The van der Waals surface area contributed by atoms with E-state index in [4.69, 9.17) is 0 Å². The lowest BCUT2D eigenvalue weighted by Gasteiger charge is -2.55. The number of nitrogens with one attached hydrogen (secondary N) is 3. The fraction of sp³-hybridized carbons (Fsp3) is 0.577. The van der Waals surface area contributed by atoms with Crippen molar-refractivity contribution in [2.24, 2.45) is 23.2 Å². The summed E-state index contributed by atoms with van der Waals surface area (Å²) in [7, 11) is 0. The second-order valence-electron chi connectivity index (χ2n) is 10.3. The Bertz CT molecular complexity index is 932. The second-order valence-corrected chi connectivity index (χ2v) is 10.3. The normalized spacial score (nSPS) is 29.0. The van der Waals surface area contributed by atoms with Crippen molar-refractivity contribution in [2.75, 3.05) is 6.54 Å². The van der Waals surface area contributed by atoms with Gasteiger partial charge in [-0.1, -0.05) is 37.3 Å². The van der Waals surface area contributed by atoms with Crippen molar-refractivity contribution in [3.8, 4) is 11.3 Å². The van der Waals surface area contributed by atoms with E-state index in [9.17, 15) is 9.59 Å². The number of nitrogens with zero attached hydrogens (tertiary/aromatic N) is 1. The third kappa shape index (κ3) is 4.19. The van der Waals surface area contributed by atoms with Gasteiger partial charge in [0.15, 0.2) is 0 Å². The van der Waals surface area contributed by atoms with Crippen molar-refractivity contribution in [2.45, 2.75) is 64.3 Å². The third-order valence-electron chi connectivity index (χ3n) is 7.91. The molecule has 4 aliphatic rings. The quantitative estimate of drug-likeness (QED) is 0.577. The Kier molecular flexibility index (Phi) is 5.78. The molecule has 2 aromatic rings. The summed E-state index contributed by atoms with van der Waals surface area (Å²) < 4.78 is 0. The zero-order valence-corrected chi connectivity index (χ0v) is 18.9. The Morgan fingerprint density at radius 1 is 1.09 bits per heavy atom. The van der Waals surface area contributed by atoms with Crippen LogP contribution in [0.1, 0.15) is 70.2 Å². The highest BCUT2D eigenvalue weighted by molar-refractivity contribution is 5.84. The summed E-state index contributed by atoms with van der Waals surface area (Å²) in [6.45, 7) is 2.43. The molecule has 1 unspecified atom stereocenters. The van der Waals surface area contributed by atoms with Crippen LogP contribution in [0.15, 0.2) is 36.5 Å². The second kappa shape index (κ2) is 8.72. The van der Waals surface area contributed by atoms with Gasteiger partial charge in [0, 0.05) is 18.4 Å². The minimum absolute atomic E-state index is 0.0553. The van der Waals surface area contributed by atoms with Crippen molar-refractivity contribution >= 4 is 11.8 Å². The molecule has 4 bridgehead atoms. The maximum atomic E-state index is 13.1. The van der Waals surface area contributed by atoms with E-state index >= 15 is 0 Å². The third-order valence-corrected chi connectivity index (χ3v) is 7.91. The Morgan fingerprint density at radius 3 is 2.38 bits per heavy atom. The van der Waals surface area contributed by atoms with Crippen LogP contribution in [-0.4, -0.2) is 28.3 Å². The Hall–Kier alpha value is -2.63. The summed E-state index contributed by atoms with van der Waals surface area (Å²) in [5.74, 6) is 3.13. The van der Waals surface area contributed by atoms with Crippen LogP contribution >= 0.6 is 0 Å². The summed E-state index contributed by atoms with van der Waals surface area (Å²) in [6, 6.07) is 9.86. The van der Waals surface area contributed by atoms with Crippen LogP contribution in [0.25, 0.3) is 11.3 Å². The van der Waals surface area contributed by atoms with Gasteiger partial charge in [-0.05, 0) is 68.3 Å². The molecule has 2 amide bonds. The van der Waals surface area contributed by atoms with Gasteiger partial charge in [0.1, 0.15) is 5.82 Å². The number of aromatic nitrogens is 2. The highest BCUT2D eigenvalue weighted by Gasteiger charge is 2.54. The van der Waals surface area contributed by atoms with Crippen LogP contribution in [0.4, 0.5) is 0 Å². The first-order valence-corrected chi connectivity index (χ1v) is 12.2. The fourth-order valence-corrected chi connectivity index (χ4v) is 6.77. The molecule has 0 radical (unpaired) electrons. The number of H-pyrrole nitrogens is 1. The van der Waals surface area contributed by atoms with E-state index in [1.54, 1.807) is 0 Å². The molecule has 1 aromatic carbocycles. The van der Waals surface area contributed by atoms with Crippen molar-refractivity contribution in [3.05, 3.63) is 42.4 Å². The van der Waals surface area contributed by atoms with E-state index < -0.39 is 0 Å². The van der Waals surface area contributed by atoms with Gasteiger partial charge < -0.3 is 15.6 Å². The largest absolute Gasteiger partial charge is 0.355 e. The van der Waals surface area contributed by atoms with E-state index in [-0.39, 0.29) is 23.3 Å². The molecule has 1 atom stereocenters. The van der Waals surface area contributed by atoms with Gasteiger partial charge in [0.2, 0.25) is 11.8 Å². The highest BCUT2D eigenvalue weighted by Crippen LogP contribution is 2.60. The lowest BCUT2D eigenvalue weighted by Crippen LogP contribution is -2.53. The first-order chi connectivity index (χ1) is 15.5. The number of carbonyl (C=O) groups excluding carboxylic acids is 2. The summed E-state index contributed by atoms with van der Waals surface area (Å²) >= 11 is 0. The van der Waals surface area contributed by atoms with E-state index in [2.05, 4.69) is 20.6 Å². The van der Waals surface area contributed by atoms with Gasteiger partial charge in [0.05, 0.1) is 17.9 Å². The maximum Gasteiger partial charge on any atom is 0.226 e. The first-order valence-electron chi connectivity index (χ1n) is 12.2. The van der Waals surface area contributed by atoms with Crippen LogP contribution in [0, 0.1) is 23.2 Å². The number of hydrogen-bond donors (Lipinski definition) is 3. The number of carbonyl (C=O) groups is 2. The van der Waals surface area contributed by atoms with Gasteiger partial charge in [-0.2, -0.15) is 0 Å². The zero-order valence-electron chi connectivity index (χ0n) is 18.9. The number of aromatic amines is 1. The minimum atomic E-state index is -0.168. The number of amides is 2. The van der Waals surface area contributed by atoms with Crippen molar-refractivity contribution in [1.82, 2.24) is 20.6 Å². The zero-order chi connectivity index (χ0) is 22.1. The monoisotopic (exact) mass is 434 g/mol. The first kappa shape index (κ1) is 21.2. The van der Waals surface area contributed by atoms with Gasteiger partial charge in [-0.15, -0.1) is 0 Å². The topological polar surface area (TPSA) is 86.9 Å². The van der Waals surface area contributed by atoms with Crippen LogP contribution in [0.2, 0.25) is 0 Å². The number of imidazole rings is 1. The minimum Gasteiger partial charge on any atom is -0.355 e.